The highest BCUT2D eigenvalue weighted by atomic mass is 35.5. The SMILES string of the molecule is C[C@@H](O)[C@@H]1C(C(=O)NCCCN(C)C2CCC(Cl)CC2)N(CC2CCCC(C#CCNC(=O)C3CCCCC3)C2)O[C@@H]1CO. The van der Waals surface area contributed by atoms with Crippen LogP contribution >= 0.6 is 11.6 Å². The van der Waals surface area contributed by atoms with Crippen LogP contribution in [-0.4, -0.2) is 101 Å². The van der Waals surface area contributed by atoms with Gasteiger partial charge >= 0.3 is 0 Å². The lowest BCUT2D eigenvalue weighted by molar-refractivity contribution is -0.183. The number of hydroxylamine groups is 2. The van der Waals surface area contributed by atoms with E-state index in [0.29, 0.717) is 37.0 Å². The third-order valence-corrected chi connectivity index (χ3v) is 10.9. The van der Waals surface area contributed by atoms with Crippen LogP contribution in [0.2, 0.25) is 0 Å². The summed E-state index contributed by atoms with van der Waals surface area (Å²) in [5, 5.41) is 28.8. The van der Waals surface area contributed by atoms with Gasteiger partial charge in [0.25, 0.3) is 0 Å². The third-order valence-electron chi connectivity index (χ3n) is 10.5. The largest absolute Gasteiger partial charge is 0.394 e. The molecule has 0 spiro atoms. The van der Waals surface area contributed by atoms with Crippen molar-refractivity contribution in [1.29, 1.82) is 0 Å². The van der Waals surface area contributed by atoms with Crippen LogP contribution in [0.25, 0.3) is 0 Å². The number of nitrogens with zero attached hydrogens (tertiary/aromatic N) is 2. The maximum absolute atomic E-state index is 13.6. The summed E-state index contributed by atoms with van der Waals surface area (Å²) >= 11 is 6.27. The molecular formula is C34H57ClN4O5. The van der Waals surface area contributed by atoms with E-state index >= 15 is 0 Å². The monoisotopic (exact) mass is 636 g/mol. The Hall–Kier alpha value is -1.41. The van der Waals surface area contributed by atoms with Crippen LogP contribution in [0.1, 0.15) is 96.8 Å². The summed E-state index contributed by atoms with van der Waals surface area (Å²) in [7, 11) is 2.15. The van der Waals surface area contributed by atoms with E-state index in [2.05, 4.69) is 34.4 Å². The maximum atomic E-state index is 13.6. The molecular weight excluding hydrogens is 580 g/mol. The second-order valence-electron chi connectivity index (χ2n) is 13.8. The molecule has 6 atom stereocenters. The molecule has 4 rings (SSSR count). The van der Waals surface area contributed by atoms with Gasteiger partial charge in [0.2, 0.25) is 11.8 Å². The highest BCUT2D eigenvalue weighted by molar-refractivity contribution is 6.20. The minimum absolute atomic E-state index is 0.142. The van der Waals surface area contributed by atoms with Gasteiger partial charge in [-0.15, -0.1) is 11.6 Å². The fraction of sp³-hybridized carbons (Fsp3) is 0.882. The zero-order valence-corrected chi connectivity index (χ0v) is 27.8. The standard InChI is InChI=1S/C34H57ClN4O5/c1-24(41)31-30(23-40)44-39(32(31)34(43)37-19-8-20-38(2)29-16-14-28(35)15-17-29)22-26-10-6-9-25(21-26)11-7-18-36-33(42)27-12-4-3-5-13-27/h24-32,40-41H,3-6,8-10,12-23H2,1-2H3,(H,36,42)(H,37,43)/t24-,25?,26?,28?,29?,30-,31+,32?/m1/s1. The van der Waals surface area contributed by atoms with Gasteiger partial charge in [0.15, 0.2) is 0 Å². The van der Waals surface area contributed by atoms with Crippen molar-refractivity contribution in [2.75, 3.05) is 39.8 Å². The third kappa shape index (κ3) is 10.3. The zero-order valence-electron chi connectivity index (χ0n) is 27.0. The quantitative estimate of drug-likeness (QED) is 0.147. The fourth-order valence-electron chi connectivity index (χ4n) is 7.88. The Labute approximate surface area is 270 Å². The second-order valence-corrected chi connectivity index (χ2v) is 14.4. The average Bonchev–Trinajstić information content (AvgIpc) is 3.40. The molecule has 0 aromatic rings. The molecule has 4 fully saturated rings. The maximum Gasteiger partial charge on any atom is 0.240 e. The van der Waals surface area contributed by atoms with Crippen LogP contribution in [0.4, 0.5) is 0 Å². The van der Waals surface area contributed by atoms with Crippen molar-refractivity contribution >= 4 is 23.4 Å². The lowest BCUT2D eigenvalue weighted by atomic mass is 9.81. The molecule has 3 aliphatic carbocycles. The highest BCUT2D eigenvalue weighted by Crippen LogP contribution is 2.35. The van der Waals surface area contributed by atoms with Gasteiger partial charge in [0.05, 0.1) is 19.3 Å². The van der Waals surface area contributed by atoms with Crippen molar-refractivity contribution in [1.82, 2.24) is 20.6 Å². The van der Waals surface area contributed by atoms with E-state index in [9.17, 15) is 19.8 Å². The Balaban J connectivity index is 1.26. The Morgan fingerprint density at radius 3 is 2.48 bits per heavy atom. The first-order valence-corrected chi connectivity index (χ1v) is 17.8. The Morgan fingerprint density at radius 1 is 1.02 bits per heavy atom. The van der Waals surface area contributed by atoms with Gasteiger partial charge in [-0.3, -0.25) is 14.4 Å². The number of amides is 2. The molecule has 1 saturated heterocycles. The van der Waals surface area contributed by atoms with Crippen LogP contribution in [0.15, 0.2) is 0 Å². The van der Waals surface area contributed by atoms with Gasteiger partial charge in [-0.05, 0) is 90.6 Å². The first-order chi connectivity index (χ1) is 21.3. The molecule has 4 aliphatic rings. The number of rotatable bonds is 12. The minimum atomic E-state index is -0.801. The van der Waals surface area contributed by atoms with Gasteiger partial charge < -0.3 is 25.7 Å². The van der Waals surface area contributed by atoms with Gasteiger partial charge in [0.1, 0.15) is 12.1 Å². The molecule has 1 heterocycles. The predicted octanol–water partition coefficient (Wildman–Crippen LogP) is 3.45. The number of carbonyl (C=O) groups is 2. The molecule has 0 radical (unpaired) electrons. The highest BCUT2D eigenvalue weighted by Gasteiger charge is 2.49. The summed E-state index contributed by atoms with van der Waals surface area (Å²) in [5.74, 6) is 6.74. The topological polar surface area (TPSA) is 114 Å². The summed E-state index contributed by atoms with van der Waals surface area (Å²) in [4.78, 5) is 34.5. The van der Waals surface area contributed by atoms with Crippen LogP contribution in [0, 0.1) is 35.5 Å². The number of hydrogen-bond donors (Lipinski definition) is 4. The summed E-state index contributed by atoms with van der Waals surface area (Å²) < 4.78 is 0. The van der Waals surface area contributed by atoms with E-state index in [-0.39, 0.29) is 30.3 Å². The number of hydrogen-bond acceptors (Lipinski definition) is 7. The summed E-state index contributed by atoms with van der Waals surface area (Å²) in [6, 6.07) is -0.112. The van der Waals surface area contributed by atoms with E-state index in [0.717, 1.165) is 90.0 Å². The second kappa shape index (κ2) is 18.1. The van der Waals surface area contributed by atoms with E-state index < -0.39 is 24.2 Å². The van der Waals surface area contributed by atoms with Crippen LogP contribution in [0.5, 0.6) is 0 Å². The predicted molar refractivity (Wildman–Crippen MR) is 173 cm³/mol. The van der Waals surface area contributed by atoms with Gasteiger partial charge in [0, 0.05) is 42.3 Å². The van der Waals surface area contributed by atoms with Crippen molar-refractivity contribution < 1.29 is 24.6 Å². The van der Waals surface area contributed by atoms with Crippen molar-refractivity contribution in [2.45, 2.75) is 126 Å². The first kappa shape index (κ1) is 35.4. The van der Waals surface area contributed by atoms with Gasteiger partial charge in [-0.25, -0.2) is 0 Å². The van der Waals surface area contributed by atoms with Crippen molar-refractivity contribution in [2.24, 2.45) is 23.7 Å². The Kier molecular flexibility index (Phi) is 14.6. The Morgan fingerprint density at radius 2 is 1.77 bits per heavy atom. The van der Waals surface area contributed by atoms with Crippen molar-refractivity contribution in [3.63, 3.8) is 0 Å². The smallest absolute Gasteiger partial charge is 0.240 e. The molecule has 1 aliphatic heterocycles. The molecule has 10 heteroatoms. The molecule has 3 unspecified atom stereocenters. The molecule has 2 amide bonds. The van der Waals surface area contributed by atoms with Gasteiger partial charge in [-0.1, -0.05) is 37.5 Å². The molecule has 3 saturated carbocycles. The lowest BCUT2D eigenvalue weighted by Gasteiger charge is -2.33. The summed E-state index contributed by atoms with van der Waals surface area (Å²) in [6.45, 7) is 3.82. The van der Waals surface area contributed by atoms with E-state index in [1.54, 1.807) is 12.0 Å². The molecule has 0 aromatic carbocycles. The average molecular weight is 637 g/mol. The van der Waals surface area contributed by atoms with E-state index in [4.69, 9.17) is 16.4 Å². The molecule has 9 nitrogen and oxygen atoms in total. The number of halogens is 1. The van der Waals surface area contributed by atoms with Gasteiger partial charge in [-0.2, -0.15) is 5.06 Å². The van der Waals surface area contributed by atoms with Crippen LogP contribution in [-0.2, 0) is 14.4 Å². The Bertz CT molecular complexity index is 959. The fourth-order valence-corrected chi connectivity index (χ4v) is 8.13. The van der Waals surface area contributed by atoms with E-state index in [1.807, 2.05) is 0 Å². The molecule has 44 heavy (non-hydrogen) atoms. The number of aliphatic hydroxyl groups excluding tert-OH is 2. The summed E-state index contributed by atoms with van der Waals surface area (Å²) in [6.07, 6.45) is 13.3. The van der Waals surface area contributed by atoms with Crippen LogP contribution in [0.3, 0.4) is 0 Å². The number of aliphatic hydroxyl groups is 2. The van der Waals surface area contributed by atoms with Crippen LogP contribution < -0.4 is 10.6 Å². The zero-order chi connectivity index (χ0) is 31.5. The first-order valence-electron chi connectivity index (χ1n) is 17.4. The molecule has 4 N–H and O–H groups in total. The number of alkyl halides is 1. The molecule has 250 valence electrons. The van der Waals surface area contributed by atoms with Crippen molar-refractivity contribution in [3.8, 4) is 11.8 Å². The van der Waals surface area contributed by atoms with E-state index in [1.165, 1.54) is 6.42 Å². The van der Waals surface area contributed by atoms with Crippen molar-refractivity contribution in [3.05, 3.63) is 0 Å². The summed E-state index contributed by atoms with van der Waals surface area (Å²) in [5.41, 5.74) is 0. The normalized spacial score (nSPS) is 32.5. The molecule has 0 bridgehead atoms. The lowest BCUT2D eigenvalue weighted by Crippen LogP contribution is -2.50. The number of nitrogens with one attached hydrogen (secondary N) is 2. The minimum Gasteiger partial charge on any atom is -0.394 e. The number of carbonyl (C=O) groups excluding carboxylic acids is 2. The molecule has 0 aromatic heterocycles.